The first kappa shape index (κ1) is 28.2. The lowest BCUT2D eigenvalue weighted by Gasteiger charge is -2.24. The first-order valence-corrected chi connectivity index (χ1v) is 15.4. The summed E-state index contributed by atoms with van der Waals surface area (Å²) in [6, 6.07) is 29.9. The molecule has 2 atom stereocenters. The Morgan fingerprint density at radius 1 is 0.878 bits per heavy atom. The molecule has 0 aromatic heterocycles. The number of sulfone groups is 1. The van der Waals surface area contributed by atoms with Crippen molar-refractivity contribution in [3.63, 3.8) is 0 Å². The summed E-state index contributed by atoms with van der Waals surface area (Å²) >= 11 is 0. The van der Waals surface area contributed by atoms with Crippen LogP contribution in [-0.2, 0) is 26.0 Å². The van der Waals surface area contributed by atoms with Crippen LogP contribution in [0, 0.1) is 5.92 Å². The van der Waals surface area contributed by atoms with Crippen molar-refractivity contribution in [2.45, 2.75) is 31.3 Å². The summed E-state index contributed by atoms with van der Waals surface area (Å²) in [7, 11) is -3.31. The third-order valence-corrected chi connectivity index (χ3v) is 8.25. The number of hydrogen-bond acceptors (Lipinski definition) is 6. The van der Waals surface area contributed by atoms with Gasteiger partial charge in [0.15, 0.2) is 9.84 Å². The molecular formula is C34H32O6S. The molecule has 0 fully saturated rings. The summed E-state index contributed by atoms with van der Waals surface area (Å²) in [5.74, 6) is 0.787. The third-order valence-electron chi connectivity index (χ3n) is 7.12. The minimum atomic E-state index is -3.31. The monoisotopic (exact) mass is 568 g/mol. The van der Waals surface area contributed by atoms with Crippen molar-refractivity contribution in [3.05, 3.63) is 119 Å². The quantitative estimate of drug-likeness (QED) is 0.187. The van der Waals surface area contributed by atoms with Crippen molar-refractivity contribution in [2.24, 2.45) is 5.92 Å². The Balaban J connectivity index is 1.52. The minimum absolute atomic E-state index is 0.209. The zero-order valence-corrected chi connectivity index (χ0v) is 24.1. The summed E-state index contributed by atoms with van der Waals surface area (Å²) in [4.78, 5) is 13.1. The molecule has 0 aliphatic heterocycles. The standard InChI is InChI=1S/C34H32O6S/c1-4-38-34(35)23(2)33-29-13-9-8-12-25(29)20-31(33)30-19-16-27(21-32(30)39-22-24-10-6-5-7-11-24)40-26-14-17-28(18-15-26)41(3,36)37/h5-21,23,33H,4,22H2,1-3H3. The van der Waals surface area contributed by atoms with Gasteiger partial charge in [-0.15, -0.1) is 0 Å². The number of allylic oxidation sites excluding steroid dienone is 1. The summed E-state index contributed by atoms with van der Waals surface area (Å²) < 4.78 is 41.6. The fourth-order valence-corrected chi connectivity index (χ4v) is 5.72. The van der Waals surface area contributed by atoms with Crippen LogP contribution in [-0.4, -0.2) is 27.2 Å². The van der Waals surface area contributed by atoms with Gasteiger partial charge in [0, 0.05) is 23.8 Å². The smallest absolute Gasteiger partial charge is 0.309 e. The number of hydrogen-bond donors (Lipinski definition) is 0. The topological polar surface area (TPSA) is 78.9 Å². The number of carbonyl (C=O) groups excluding carboxylic acids is 1. The largest absolute Gasteiger partial charge is 0.488 e. The average molecular weight is 569 g/mol. The van der Waals surface area contributed by atoms with Crippen LogP contribution in [0.5, 0.6) is 17.2 Å². The van der Waals surface area contributed by atoms with E-state index in [-0.39, 0.29) is 16.8 Å². The Labute approximate surface area is 241 Å². The molecule has 0 amide bonds. The van der Waals surface area contributed by atoms with Crippen LogP contribution < -0.4 is 9.47 Å². The van der Waals surface area contributed by atoms with E-state index < -0.39 is 15.8 Å². The van der Waals surface area contributed by atoms with E-state index in [1.165, 1.54) is 18.4 Å². The van der Waals surface area contributed by atoms with Gasteiger partial charge in [0.1, 0.15) is 23.9 Å². The zero-order chi connectivity index (χ0) is 29.0. The highest BCUT2D eigenvalue weighted by molar-refractivity contribution is 7.90. The number of esters is 1. The van der Waals surface area contributed by atoms with Crippen LogP contribution in [0.3, 0.4) is 0 Å². The van der Waals surface area contributed by atoms with Crippen molar-refractivity contribution >= 4 is 27.5 Å². The molecular weight excluding hydrogens is 536 g/mol. The number of carbonyl (C=O) groups is 1. The van der Waals surface area contributed by atoms with E-state index in [4.69, 9.17) is 14.2 Å². The molecule has 5 rings (SSSR count). The summed E-state index contributed by atoms with van der Waals surface area (Å²) in [6.45, 7) is 4.38. The summed E-state index contributed by atoms with van der Waals surface area (Å²) in [5, 5.41) is 0. The Kier molecular flexibility index (Phi) is 8.26. The highest BCUT2D eigenvalue weighted by Gasteiger charge is 2.36. The van der Waals surface area contributed by atoms with Crippen molar-refractivity contribution in [3.8, 4) is 17.2 Å². The Morgan fingerprint density at radius 2 is 1.56 bits per heavy atom. The van der Waals surface area contributed by atoms with Gasteiger partial charge in [0.2, 0.25) is 0 Å². The van der Waals surface area contributed by atoms with E-state index in [0.29, 0.717) is 30.5 Å². The van der Waals surface area contributed by atoms with Gasteiger partial charge in [-0.05, 0) is 65.6 Å². The van der Waals surface area contributed by atoms with Crippen LogP contribution in [0.4, 0.5) is 0 Å². The molecule has 0 N–H and O–H groups in total. The SMILES string of the molecule is CCOC(=O)C(C)C1C(c2ccc(Oc3ccc(S(C)(=O)=O)cc3)cc2OCc2ccccc2)=Cc2ccccc21. The second-order valence-electron chi connectivity index (χ2n) is 10.0. The maximum Gasteiger partial charge on any atom is 0.309 e. The third kappa shape index (κ3) is 6.36. The van der Waals surface area contributed by atoms with E-state index in [1.54, 1.807) is 12.1 Å². The molecule has 0 heterocycles. The lowest BCUT2D eigenvalue weighted by Crippen LogP contribution is -2.22. The predicted molar refractivity (Wildman–Crippen MR) is 160 cm³/mol. The molecule has 7 heteroatoms. The van der Waals surface area contributed by atoms with E-state index >= 15 is 0 Å². The van der Waals surface area contributed by atoms with E-state index in [0.717, 1.165) is 27.8 Å². The van der Waals surface area contributed by atoms with Crippen LogP contribution in [0.1, 0.15) is 42.0 Å². The van der Waals surface area contributed by atoms with Crippen LogP contribution in [0.2, 0.25) is 0 Å². The first-order valence-electron chi connectivity index (χ1n) is 13.5. The van der Waals surface area contributed by atoms with E-state index in [1.807, 2.05) is 74.5 Å². The highest BCUT2D eigenvalue weighted by Crippen LogP contribution is 2.49. The van der Waals surface area contributed by atoms with Gasteiger partial charge in [-0.1, -0.05) is 67.6 Å². The van der Waals surface area contributed by atoms with Crippen molar-refractivity contribution in [1.29, 1.82) is 0 Å². The fourth-order valence-electron chi connectivity index (χ4n) is 5.09. The van der Waals surface area contributed by atoms with Crippen LogP contribution in [0.15, 0.2) is 102 Å². The first-order chi connectivity index (χ1) is 19.7. The van der Waals surface area contributed by atoms with Gasteiger partial charge in [0.05, 0.1) is 17.4 Å². The number of ether oxygens (including phenoxy) is 3. The van der Waals surface area contributed by atoms with Gasteiger partial charge >= 0.3 is 5.97 Å². The van der Waals surface area contributed by atoms with Gasteiger partial charge in [-0.2, -0.15) is 0 Å². The lowest BCUT2D eigenvalue weighted by molar-refractivity contribution is -0.147. The Hall–Kier alpha value is -4.36. The molecule has 1 aliphatic rings. The molecule has 210 valence electrons. The zero-order valence-electron chi connectivity index (χ0n) is 23.2. The van der Waals surface area contributed by atoms with E-state index in [2.05, 4.69) is 18.2 Å². The number of rotatable bonds is 10. The number of benzene rings is 4. The van der Waals surface area contributed by atoms with Crippen LogP contribution >= 0.6 is 0 Å². The number of fused-ring (bicyclic) bond motifs is 1. The van der Waals surface area contributed by atoms with Gasteiger partial charge < -0.3 is 14.2 Å². The maximum absolute atomic E-state index is 12.9. The molecule has 41 heavy (non-hydrogen) atoms. The molecule has 0 saturated carbocycles. The van der Waals surface area contributed by atoms with Crippen molar-refractivity contribution in [1.82, 2.24) is 0 Å². The average Bonchev–Trinajstić information content (AvgIpc) is 3.35. The maximum atomic E-state index is 12.9. The second-order valence-corrected chi connectivity index (χ2v) is 12.0. The Bertz CT molecular complexity index is 1670. The van der Waals surface area contributed by atoms with E-state index in [9.17, 15) is 13.2 Å². The van der Waals surface area contributed by atoms with Gasteiger partial charge in [-0.3, -0.25) is 4.79 Å². The van der Waals surface area contributed by atoms with Crippen molar-refractivity contribution < 1.29 is 27.4 Å². The molecule has 0 radical (unpaired) electrons. The minimum Gasteiger partial charge on any atom is -0.488 e. The van der Waals surface area contributed by atoms with Crippen molar-refractivity contribution in [2.75, 3.05) is 12.9 Å². The molecule has 4 aromatic carbocycles. The fraction of sp³-hybridized carbons (Fsp3) is 0.206. The molecule has 1 aliphatic carbocycles. The molecule has 6 nitrogen and oxygen atoms in total. The summed E-state index contributed by atoms with van der Waals surface area (Å²) in [6.07, 6.45) is 3.29. The van der Waals surface area contributed by atoms with Crippen LogP contribution in [0.25, 0.3) is 11.6 Å². The van der Waals surface area contributed by atoms with Gasteiger partial charge in [0.25, 0.3) is 0 Å². The highest BCUT2D eigenvalue weighted by atomic mass is 32.2. The molecule has 2 unspecified atom stereocenters. The normalized spacial score (nSPS) is 15.0. The summed E-state index contributed by atoms with van der Waals surface area (Å²) in [5.41, 5.74) is 4.98. The second kappa shape index (κ2) is 12.0. The molecule has 0 spiro atoms. The van der Waals surface area contributed by atoms with Gasteiger partial charge in [-0.25, -0.2) is 8.42 Å². The molecule has 0 saturated heterocycles. The molecule has 0 bridgehead atoms. The predicted octanol–water partition coefficient (Wildman–Crippen LogP) is 7.30. The lowest BCUT2D eigenvalue weighted by atomic mass is 9.81. The molecule has 4 aromatic rings. The Morgan fingerprint density at radius 3 is 2.27 bits per heavy atom.